The molecule has 1 atom stereocenters. The average Bonchev–Trinajstić information content (AvgIpc) is 2.61. The van der Waals surface area contributed by atoms with Crippen LogP contribution >= 0.6 is 23.2 Å². The number of aryl methyl sites for hydroxylation is 1. The molecule has 2 amide bonds. The lowest BCUT2D eigenvalue weighted by Crippen LogP contribution is -2.52. The minimum atomic E-state index is -0.632. The van der Waals surface area contributed by atoms with Crippen LogP contribution in [0.1, 0.15) is 44.4 Å². The van der Waals surface area contributed by atoms with Crippen LogP contribution in [0.5, 0.6) is 0 Å². The van der Waals surface area contributed by atoms with Crippen molar-refractivity contribution in [2.45, 2.75) is 59.2 Å². The summed E-state index contributed by atoms with van der Waals surface area (Å²) in [5.41, 5.74) is 2.36. The van der Waals surface area contributed by atoms with E-state index in [1.165, 1.54) is 0 Å². The van der Waals surface area contributed by atoms with E-state index < -0.39 is 6.04 Å². The van der Waals surface area contributed by atoms with Gasteiger partial charge in [0.2, 0.25) is 11.8 Å². The molecule has 0 spiro atoms. The highest BCUT2D eigenvalue weighted by atomic mass is 35.5. The minimum absolute atomic E-state index is 0.0923. The van der Waals surface area contributed by atoms with Crippen LogP contribution in [-0.4, -0.2) is 28.3 Å². The van der Waals surface area contributed by atoms with E-state index >= 15 is 0 Å². The fourth-order valence-electron chi connectivity index (χ4n) is 2.96. The number of rotatable bonds is 6. The van der Waals surface area contributed by atoms with Crippen molar-refractivity contribution in [3.05, 3.63) is 69.2 Å². The number of carbonyl (C=O) groups excluding carboxylic acids is 2. The standard InChI is InChI=1S/C23H28Cl2N2O2/c1-15-8-6-7-9-18(15)14-27(16(2)22(29)26-23(3,4)5)21(28)12-17-10-11-19(24)13-20(17)25/h6-11,13,16H,12,14H2,1-5H3,(H,26,29)/t16-/m0/s1. The molecule has 29 heavy (non-hydrogen) atoms. The van der Waals surface area contributed by atoms with Crippen molar-refractivity contribution in [1.82, 2.24) is 10.2 Å². The van der Waals surface area contributed by atoms with Gasteiger partial charge < -0.3 is 10.2 Å². The van der Waals surface area contributed by atoms with Gasteiger partial charge in [0, 0.05) is 22.1 Å². The van der Waals surface area contributed by atoms with Crippen LogP contribution in [0.15, 0.2) is 42.5 Å². The van der Waals surface area contributed by atoms with Gasteiger partial charge in [-0.05, 0) is 63.4 Å². The average molecular weight is 435 g/mol. The molecule has 0 heterocycles. The summed E-state index contributed by atoms with van der Waals surface area (Å²) in [6.45, 7) is 9.83. The highest BCUT2D eigenvalue weighted by Crippen LogP contribution is 2.23. The molecule has 0 saturated heterocycles. The van der Waals surface area contributed by atoms with E-state index in [1.54, 1.807) is 30.0 Å². The Morgan fingerprint density at radius 2 is 1.72 bits per heavy atom. The zero-order valence-electron chi connectivity index (χ0n) is 17.6. The van der Waals surface area contributed by atoms with E-state index in [1.807, 2.05) is 52.0 Å². The molecule has 0 radical (unpaired) electrons. The van der Waals surface area contributed by atoms with Crippen molar-refractivity contribution < 1.29 is 9.59 Å². The van der Waals surface area contributed by atoms with Crippen LogP contribution in [0, 0.1) is 6.92 Å². The number of benzene rings is 2. The van der Waals surface area contributed by atoms with Gasteiger partial charge in [-0.2, -0.15) is 0 Å². The molecule has 6 heteroatoms. The smallest absolute Gasteiger partial charge is 0.242 e. The van der Waals surface area contributed by atoms with Crippen molar-refractivity contribution in [3.63, 3.8) is 0 Å². The Morgan fingerprint density at radius 3 is 2.31 bits per heavy atom. The van der Waals surface area contributed by atoms with Crippen molar-refractivity contribution in [2.24, 2.45) is 0 Å². The molecule has 4 nitrogen and oxygen atoms in total. The number of halogens is 2. The zero-order chi connectivity index (χ0) is 21.8. The molecule has 0 bridgehead atoms. The number of nitrogens with zero attached hydrogens (tertiary/aromatic N) is 1. The summed E-state index contributed by atoms with van der Waals surface area (Å²) in [5, 5.41) is 3.91. The van der Waals surface area contributed by atoms with Crippen LogP contribution in [0.2, 0.25) is 10.0 Å². The van der Waals surface area contributed by atoms with Gasteiger partial charge in [0.05, 0.1) is 6.42 Å². The van der Waals surface area contributed by atoms with Crippen molar-refractivity contribution in [2.75, 3.05) is 0 Å². The molecule has 1 N–H and O–H groups in total. The molecule has 2 rings (SSSR count). The number of carbonyl (C=O) groups is 2. The van der Waals surface area contributed by atoms with Gasteiger partial charge >= 0.3 is 0 Å². The van der Waals surface area contributed by atoms with E-state index in [9.17, 15) is 9.59 Å². The van der Waals surface area contributed by atoms with Crippen LogP contribution in [0.3, 0.4) is 0 Å². The van der Waals surface area contributed by atoms with Crippen LogP contribution < -0.4 is 5.32 Å². The van der Waals surface area contributed by atoms with Gasteiger partial charge in [-0.1, -0.05) is 53.5 Å². The van der Waals surface area contributed by atoms with E-state index in [-0.39, 0.29) is 23.8 Å². The summed E-state index contributed by atoms with van der Waals surface area (Å²) in [4.78, 5) is 27.6. The molecule has 0 unspecified atom stereocenters. The molecular weight excluding hydrogens is 407 g/mol. The predicted molar refractivity (Wildman–Crippen MR) is 119 cm³/mol. The molecule has 0 saturated carbocycles. The van der Waals surface area contributed by atoms with E-state index in [4.69, 9.17) is 23.2 Å². The number of nitrogens with one attached hydrogen (secondary N) is 1. The first-order chi connectivity index (χ1) is 13.5. The Morgan fingerprint density at radius 1 is 1.07 bits per heavy atom. The van der Waals surface area contributed by atoms with Crippen LogP contribution in [0.4, 0.5) is 0 Å². The maximum Gasteiger partial charge on any atom is 0.242 e. The Bertz CT molecular complexity index is 891. The third kappa shape index (κ3) is 6.76. The Hall–Kier alpha value is -2.04. The normalized spacial score (nSPS) is 12.4. The van der Waals surface area contributed by atoms with E-state index in [2.05, 4.69) is 5.32 Å². The zero-order valence-corrected chi connectivity index (χ0v) is 19.1. The van der Waals surface area contributed by atoms with E-state index in [0.29, 0.717) is 22.2 Å². The number of amides is 2. The molecule has 0 aromatic heterocycles. The second-order valence-corrected chi connectivity index (χ2v) is 9.12. The lowest BCUT2D eigenvalue weighted by molar-refractivity contribution is -0.140. The molecule has 0 aliphatic heterocycles. The Balaban J connectivity index is 2.31. The van der Waals surface area contributed by atoms with Gasteiger partial charge in [0.1, 0.15) is 6.04 Å². The maximum atomic E-state index is 13.2. The summed E-state index contributed by atoms with van der Waals surface area (Å²) in [6, 6.07) is 12.3. The lowest BCUT2D eigenvalue weighted by Gasteiger charge is -2.32. The van der Waals surface area contributed by atoms with Crippen molar-refractivity contribution >= 4 is 35.0 Å². The Labute approximate surface area is 183 Å². The molecule has 2 aromatic carbocycles. The summed E-state index contributed by atoms with van der Waals surface area (Å²) in [5.74, 6) is -0.365. The summed E-state index contributed by atoms with van der Waals surface area (Å²) in [6.07, 6.45) is 0.0923. The third-order valence-corrected chi connectivity index (χ3v) is 5.21. The minimum Gasteiger partial charge on any atom is -0.350 e. The lowest BCUT2D eigenvalue weighted by atomic mass is 10.0. The SMILES string of the molecule is Cc1ccccc1CN(C(=O)Cc1ccc(Cl)cc1Cl)[C@@H](C)C(=O)NC(C)(C)C. The summed E-state index contributed by atoms with van der Waals surface area (Å²) in [7, 11) is 0. The van der Waals surface area contributed by atoms with Gasteiger partial charge in [0.25, 0.3) is 0 Å². The molecule has 0 aliphatic carbocycles. The highest BCUT2D eigenvalue weighted by Gasteiger charge is 2.29. The van der Waals surface area contributed by atoms with Crippen LogP contribution in [0.25, 0.3) is 0 Å². The van der Waals surface area contributed by atoms with Crippen molar-refractivity contribution in [1.29, 1.82) is 0 Å². The Kier molecular flexibility index (Phi) is 7.73. The van der Waals surface area contributed by atoms with Gasteiger partial charge in [-0.15, -0.1) is 0 Å². The fourth-order valence-corrected chi connectivity index (χ4v) is 3.43. The first-order valence-corrected chi connectivity index (χ1v) is 10.3. The predicted octanol–water partition coefficient (Wildman–Crippen LogP) is 5.18. The second-order valence-electron chi connectivity index (χ2n) is 8.28. The van der Waals surface area contributed by atoms with Gasteiger partial charge in [-0.3, -0.25) is 9.59 Å². The fraction of sp³-hybridized carbons (Fsp3) is 0.391. The molecule has 0 fully saturated rings. The molecular formula is C23H28Cl2N2O2. The first kappa shape index (κ1) is 23.2. The largest absolute Gasteiger partial charge is 0.350 e. The quantitative estimate of drug-likeness (QED) is 0.680. The van der Waals surface area contributed by atoms with Gasteiger partial charge in [0.15, 0.2) is 0 Å². The van der Waals surface area contributed by atoms with Crippen LogP contribution in [-0.2, 0) is 22.6 Å². The topological polar surface area (TPSA) is 49.4 Å². The number of hydrogen-bond acceptors (Lipinski definition) is 2. The summed E-state index contributed by atoms with van der Waals surface area (Å²) >= 11 is 12.2. The molecule has 0 aliphatic rings. The van der Waals surface area contributed by atoms with E-state index in [0.717, 1.165) is 11.1 Å². The monoisotopic (exact) mass is 434 g/mol. The first-order valence-electron chi connectivity index (χ1n) is 9.58. The molecule has 2 aromatic rings. The van der Waals surface area contributed by atoms with Crippen molar-refractivity contribution in [3.8, 4) is 0 Å². The maximum absolute atomic E-state index is 13.2. The van der Waals surface area contributed by atoms with Gasteiger partial charge in [-0.25, -0.2) is 0 Å². The summed E-state index contributed by atoms with van der Waals surface area (Å²) < 4.78 is 0. The highest BCUT2D eigenvalue weighted by molar-refractivity contribution is 6.35. The second kappa shape index (κ2) is 9.64. The third-order valence-electron chi connectivity index (χ3n) is 4.62. The number of hydrogen-bond donors (Lipinski definition) is 1. The molecule has 156 valence electrons.